The number of amides is 2. The van der Waals surface area contributed by atoms with Crippen molar-refractivity contribution in [1.82, 2.24) is 9.80 Å². The quantitative estimate of drug-likeness (QED) is 0.797. The molecule has 1 unspecified atom stereocenters. The highest BCUT2D eigenvalue weighted by Crippen LogP contribution is 2.19. The summed E-state index contributed by atoms with van der Waals surface area (Å²) >= 11 is 0. The van der Waals surface area contributed by atoms with Gasteiger partial charge in [-0.25, -0.2) is 4.79 Å². The van der Waals surface area contributed by atoms with Crippen molar-refractivity contribution >= 4 is 6.03 Å². The van der Waals surface area contributed by atoms with Crippen molar-refractivity contribution in [2.24, 2.45) is 5.73 Å². The zero-order valence-electron chi connectivity index (χ0n) is 10.8. The third-order valence-corrected chi connectivity index (χ3v) is 3.92. The molecule has 0 spiro atoms. The Labute approximate surface area is 98.8 Å². The first kappa shape index (κ1) is 13.3. The van der Waals surface area contributed by atoms with Crippen molar-refractivity contribution in [2.75, 3.05) is 26.7 Å². The Hall–Kier alpha value is -0.770. The second kappa shape index (κ2) is 5.53. The standard InChI is InChI=1S/C12H25N3O/c1-4-12(2,10-13)14(3)11(16)15-8-6-5-7-9-15/h4-10,13H2,1-3H3. The van der Waals surface area contributed by atoms with Gasteiger partial charge in [-0.15, -0.1) is 0 Å². The molecule has 2 N–H and O–H groups in total. The van der Waals surface area contributed by atoms with Gasteiger partial charge in [-0.05, 0) is 32.6 Å². The van der Waals surface area contributed by atoms with Crippen molar-refractivity contribution < 1.29 is 4.79 Å². The van der Waals surface area contributed by atoms with Crippen molar-refractivity contribution in [1.29, 1.82) is 0 Å². The van der Waals surface area contributed by atoms with Crippen LogP contribution in [0.1, 0.15) is 39.5 Å². The lowest BCUT2D eigenvalue weighted by atomic mass is 9.97. The lowest BCUT2D eigenvalue weighted by molar-refractivity contribution is 0.105. The number of nitrogens with two attached hydrogens (primary N) is 1. The molecule has 2 amide bonds. The van der Waals surface area contributed by atoms with Crippen LogP contribution in [0.15, 0.2) is 0 Å². The number of likely N-dealkylation sites (N-methyl/N-ethyl adjacent to an activating group) is 1. The number of hydrogen-bond donors (Lipinski definition) is 1. The van der Waals surface area contributed by atoms with E-state index in [0.29, 0.717) is 6.54 Å². The normalized spacial score (nSPS) is 20.4. The second-order valence-electron chi connectivity index (χ2n) is 4.94. The Morgan fingerprint density at radius 3 is 2.38 bits per heavy atom. The van der Waals surface area contributed by atoms with E-state index < -0.39 is 0 Å². The van der Waals surface area contributed by atoms with Gasteiger partial charge in [-0.2, -0.15) is 0 Å². The molecule has 1 aliphatic rings. The summed E-state index contributed by atoms with van der Waals surface area (Å²) in [6, 6.07) is 0.134. The summed E-state index contributed by atoms with van der Waals surface area (Å²) in [7, 11) is 1.87. The Kier molecular flexibility index (Phi) is 4.59. The third kappa shape index (κ3) is 2.67. The molecule has 1 heterocycles. The van der Waals surface area contributed by atoms with E-state index in [4.69, 9.17) is 5.73 Å². The number of nitrogens with zero attached hydrogens (tertiary/aromatic N) is 2. The van der Waals surface area contributed by atoms with Gasteiger partial charge in [-0.3, -0.25) is 0 Å². The highest BCUT2D eigenvalue weighted by molar-refractivity contribution is 5.75. The molecule has 0 saturated carbocycles. The van der Waals surface area contributed by atoms with Crippen molar-refractivity contribution in [3.63, 3.8) is 0 Å². The van der Waals surface area contributed by atoms with Gasteiger partial charge in [-0.1, -0.05) is 6.92 Å². The first-order valence-electron chi connectivity index (χ1n) is 6.28. The summed E-state index contributed by atoms with van der Waals surface area (Å²) in [6.45, 7) is 6.43. The maximum Gasteiger partial charge on any atom is 0.320 e. The molecule has 0 aliphatic carbocycles. The molecular weight excluding hydrogens is 202 g/mol. The van der Waals surface area contributed by atoms with E-state index >= 15 is 0 Å². The molecule has 1 saturated heterocycles. The minimum atomic E-state index is -0.214. The first-order chi connectivity index (χ1) is 7.55. The third-order valence-electron chi connectivity index (χ3n) is 3.92. The average molecular weight is 227 g/mol. The SMILES string of the molecule is CCC(C)(CN)N(C)C(=O)N1CCCCC1. The van der Waals surface area contributed by atoms with E-state index in [9.17, 15) is 4.79 Å². The summed E-state index contributed by atoms with van der Waals surface area (Å²) in [6.07, 6.45) is 4.39. The minimum absolute atomic E-state index is 0.134. The van der Waals surface area contributed by atoms with E-state index in [-0.39, 0.29) is 11.6 Å². The van der Waals surface area contributed by atoms with Crippen LogP contribution in [-0.2, 0) is 0 Å². The molecule has 0 radical (unpaired) electrons. The van der Waals surface area contributed by atoms with Crippen LogP contribution < -0.4 is 5.73 Å². The molecule has 4 nitrogen and oxygen atoms in total. The average Bonchev–Trinajstić information content (AvgIpc) is 2.37. The summed E-state index contributed by atoms with van der Waals surface area (Å²) < 4.78 is 0. The van der Waals surface area contributed by atoms with Gasteiger partial charge in [0.05, 0.1) is 5.54 Å². The largest absolute Gasteiger partial charge is 0.328 e. The number of rotatable bonds is 3. The van der Waals surface area contributed by atoms with Crippen LogP contribution >= 0.6 is 0 Å². The van der Waals surface area contributed by atoms with Crippen LogP contribution in [0.4, 0.5) is 4.79 Å². The maximum absolute atomic E-state index is 12.3. The summed E-state index contributed by atoms with van der Waals surface area (Å²) in [4.78, 5) is 16.0. The van der Waals surface area contributed by atoms with Gasteiger partial charge in [0.1, 0.15) is 0 Å². The summed E-state index contributed by atoms with van der Waals surface area (Å²) in [5, 5.41) is 0. The zero-order valence-corrected chi connectivity index (χ0v) is 10.8. The lowest BCUT2D eigenvalue weighted by Crippen LogP contribution is -2.56. The smallest absolute Gasteiger partial charge is 0.320 e. The molecule has 16 heavy (non-hydrogen) atoms. The lowest BCUT2D eigenvalue weighted by Gasteiger charge is -2.41. The Morgan fingerprint density at radius 2 is 1.94 bits per heavy atom. The highest BCUT2D eigenvalue weighted by atomic mass is 16.2. The molecule has 94 valence electrons. The zero-order chi connectivity index (χ0) is 12.2. The van der Waals surface area contributed by atoms with Crippen LogP contribution in [0.5, 0.6) is 0 Å². The van der Waals surface area contributed by atoms with E-state index in [1.165, 1.54) is 6.42 Å². The molecule has 0 aromatic carbocycles. The van der Waals surface area contributed by atoms with E-state index in [0.717, 1.165) is 32.4 Å². The predicted octanol–water partition coefficient (Wildman–Crippen LogP) is 1.65. The van der Waals surface area contributed by atoms with Crippen molar-refractivity contribution in [2.45, 2.75) is 45.1 Å². The van der Waals surface area contributed by atoms with Crippen molar-refractivity contribution in [3.8, 4) is 0 Å². The summed E-state index contributed by atoms with van der Waals surface area (Å²) in [5.74, 6) is 0. The Balaban J connectivity index is 2.64. The molecule has 1 rings (SSSR count). The van der Waals surface area contributed by atoms with Gasteiger partial charge in [0.15, 0.2) is 0 Å². The van der Waals surface area contributed by atoms with Crippen LogP contribution in [0.3, 0.4) is 0 Å². The van der Waals surface area contributed by atoms with Crippen LogP contribution in [0.25, 0.3) is 0 Å². The number of piperidine rings is 1. The highest BCUT2D eigenvalue weighted by Gasteiger charge is 2.32. The van der Waals surface area contributed by atoms with E-state index in [1.54, 1.807) is 0 Å². The Morgan fingerprint density at radius 1 is 1.38 bits per heavy atom. The van der Waals surface area contributed by atoms with Crippen LogP contribution in [0, 0.1) is 0 Å². The van der Waals surface area contributed by atoms with Gasteiger partial charge < -0.3 is 15.5 Å². The molecular formula is C12H25N3O. The van der Waals surface area contributed by atoms with Gasteiger partial charge in [0.2, 0.25) is 0 Å². The minimum Gasteiger partial charge on any atom is -0.328 e. The second-order valence-corrected chi connectivity index (χ2v) is 4.94. The fourth-order valence-electron chi connectivity index (χ4n) is 2.05. The maximum atomic E-state index is 12.3. The molecule has 1 atom stereocenters. The first-order valence-corrected chi connectivity index (χ1v) is 6.28. The number of carbonyl (C=O) groups excluding carboxylic acids is 1. The fraction of sp³-hybridized carbons (Fsp3) is 0.917. The van der Waals surface area contributed by atoms with Crippen LogP contribution in [0.2, 0.25) is 0 Å². The summed E-state index contributed by atoms with van der Waals surface area (Å²) in [5.41, 5.74) is 5.56. The molecule has 1 aliphatic heterocycles. The number of carbonyl (C=O) groups is 1. The molecule has 0 aromatic heterocycles. The molecule has 0 bridgehead atoms. The van der Waals surface area contributed by atoms with E-state index in [2.05, 4.69) is 13.8 Å². The molecule has 4 heteroatoms. The van der Waals surface area contributed by atoms with E-state index in [1.807, 2.05) is 16.8 Å². The van der Waals surface area contributed by atoms with Crippen molar-refractivity contribution in [3.05, 3.63) is 0 Å². The van der Waals surface area contributed by atoms with Gasteiger partial charge in [0.25, 0.3) is 0 Å². The number of hydrogen-bond acceptors (Lipinski definition) is 2. The topological polar surface area (TPSA) is 49.6 Å². The molecule has 1 fully saturated rings. The Bertz CT molecular complexity index is 232. The number of likely N-dealkylation sites (tertiary alicyclic amines) is 1. The van der Waals surface area contributed by atoms with Gasteiger partial charge >= 0.3 is 6.03 Å². The molecule has 0 aromatic rings. The predicted molar refractivity (Wildman–Crippen MR) is 66.3 cm³/mol. The fourth-order valence-corrected chi connectivity index (χ4v) is 2.05. The monoisotopic (exact) mass is 227 g/mol. The van der Waals surface area contributed by atoms with Crippen LogP contribution in [-0.4, -0.2) is 48.1 Å². The van der Waals surface area contributed by atoms with Gasteiger partial charge in [0, 0.05) is 26.7 Å². The number of urea groups is 1.